The molecule has 1 aliphatic rings. The van der Waals surface area contributed by atoms with Crippen LogP contribution in [0.25, 0.3) is 0 Å². The number of amides is 2. The van der Waals surface area contributed by atoms with Crippen molar-refractivity contribution in [1.29, 1.82) is 0 Å². The van der Waals surface area contributed by atoms with Gasteiger partial charge in [0.2, 0.25) is 5.91 Å². The average Bonchev–Trinajstić information content (AvgIpc) is 3.41. The van der Waals surface area contributed by atoms with Crippen molar-refractivity contribution in [3.8, 4) is 5.75 Å². The summed E-state index contributed by atoms with van der Waals surface area (Å²) < 4.78 is 65.5. The topological polar surface area (TPSA) is 127 Å². The lowest BCUT2D eigenvalue weighted by Gasteiger charge is -2.27. The van der Waals surface area contributed by atoms with E-state index in [1.165, 1.54) is 25.6 Å². The molecule has 2 aromatic heterocycles. The van der Waals surface area contributed by atoms with E-state index in [4.69, 9.17) is 9.47 Å². The summed E-state index contributed by atoms with van der Waals surface area (Å²) in [6.45, 7) is -0.206. The molecule has 14 heteroatoms. The number of nitrogens with one attached hydrogen (secondary N) is 4. The second-order valence-corrected chi connectivity index (χ2v) is 8.92. The second-order valence-electron chi connectivity index (χ2n) is 8.92. The second kappa shape index (κ2) is 11.7. The lowest BCUT2D eigenvalue weighted by Crippen LogP contribution is -2.59. The van der Waals surface area contributed by atoms with E-state index in [9.17, 15) is 27.2 Å². The fourth-order valence-electron chi connectivity index (χ4n) is 4.04. The number of aromatic nitrogens is 2. The summed E-state index contributed by atoms with van der Waals surface area (Å²) in [6, 6.07) is 5.86. The van der Waals surface area contributed by atoms with E-state index in [-0.39, 0.29) is 54.6 Å². The van der Waals surface area contributed by atoms with Gasteiger partial charge in [-0.15, -0.1) is 0 Å². The summed E-state index contributed by atoms with van der Waals surface area (Å²) in [7, 11) is 2.92. The van der Waals surface area contributed by atoms with Gasteiger partial charge in [-0.1, -0.05) is 0 Å². The number of hydrogen-bond acceptors (Lipinski definition) is 8. The Morgan fingerprint density at radius 1 is 1.12 bits per heavy atom. The molecular weight excluding hydrogens is 536 g/mol. The summed E-state index contributed by atoms with van der Waals surface area (Å²) in [5, 5.41) is 10.7. The molecule has 1 unspecified atom stereocenters. The van der Waals surface area contributed by atoms with Crippen molar-refractivity contribution in [2.24, 2.45) is 0 Å². The Morgan fingerprint density at radius 2 is 1.93 bits per heavy atom. The Kier molecular flexibility index (Phi) is 8.38. The van der Waals surface area contributed by atoms with Gasteiger partial charge in [0.1, 0.15) is 17.1 Å². The molecule has 1 aromatic carbocycles. The van der Waals surface area contributed by atoms with E-state index in [0.717, 1.165) is 24.4 Å². The molecule has 1 aliphatic heterocycles. The van der Waals surface area contributed by atoms with Gasteiger partial charge in [0.15, 0.2) is 0 Å². The highest BCUT2D eigenvalue weighted by molar-refractivity contribution is 5.99. The molecule has 4 N–H and O–H groups in total. The summed E-state index contributed by atoms with van der Waals surface area (Å²) in [6.07, 6.45) is -0.462. The Morgan fingerprint density at radius 3 is 2.58 bits per heavy atom. The third kappa shape index (κ3) is 6.39. The molecule has 4 rings (SSSR count). The van der Waals surface area contributed by atoms with Crippen molar-refractivity contribution in [2.75, 3.05) is 38.0 Å². The maximum Gasteiger partial charge on any atom is 0.418 e. The van der Waals surface area contributed by atoms with E-state index in [1.807, 2.05) is 0 Å². The first-order valence-corrected chi connectivity index (χ1v) is 12.0. The van der Waals surface area contributed by atoms with E-state index < -0.39 is 34.9 Å². The van der Waals surface area contributed by atoms with Gasteiger partial charge < -0.3 is 30.7 Å². The highest BCUT2D eigenvalue weighted by Crippen LogP contribution is 2.38. The molecule has 2 amide bonds. The number of pyridine rings is 2. The standard InChI is InChI=1S/C26H26F4N6O4/c1-31-16-7-15(10-32-11-16)23(37)36-25(5-6-40-14-25)24(38)34-13-22-20(27)8-17(12-33-22)35-21-4-3-18(39-2)9-19(21)26(28,29)30/h3-4,7-12,31,35H,5-6,13-14H2,1-2H3,(H,34,38)(H,36,37). The molecule has 1 saturated heterocycles. The molecule has 0 saturated carbocycles. The largest absolute Gasteiger partial charge is 0.497 e. The molecule has 0 radical (unpaired) electrons. The van der Waals surface area contributed by atoms with Gasteiger partial charge >= 0.3 is 6.18 Å². The molecule has 3 aromatic rings. The first kappa shape index (κ1) is 28.5. The smallest absolute Gasteiger partial charge is 0.418 e. The third-order valence-electron chi connectivity index (χ3n) is 6.24. The number of rotatable bonds is 9. The first-order valence-electron chi connectivity index (χ1n) is 12.0. The van der Waals surface area contributed by atoms with Gasteiger partial charge in [-0.25, -0.2) is 4.39 Å². The van der Waals surface area contributed by atoms with E-state index in [2.05, 4.69) is 31.2 Å². The number of methoxy groups -OCH3 is 1. The minimum Gasteiger partial charge on any atom is -0.497 e. The number of halogens is 4. The number of nitrogens with zero attached hydrogens (tertiary/aromatic N) is 2. The molecule has 10 nitrogen and oxygen atoms in total. The van der Waals surface area contributed by atoms with Crippen molar-refractivity contribution >= 4 is 28.9 Å². The van der Waals surface area contributed by atoms with Crippen LogP contribution in [0.1, 0.15) is 28.0 Å². The molecule has 212 valence electrons. The van der Waals surface area contributed by atoms with Crippen LogP contribution < -0.4 is 26.0 Å². The maximum absolute atomic E-state index is 14.8. The molecule has 1 fully saturated rings. The first-order chi connectivity index (χ1) is 19.0. The number of alkyl halides is 3. The van der Waals surface area contributed by atoms with Crippen LogP contribution in [-0.4, -0.2) is 54.7 Å². The molecule has 0 aliphatic carbocycles. The van der Waals surface area contributed by atoms with E-state index >= 15 is 0 Å². The van der Waals surface area contributed by atoms with Crippen LogP contribution in [0, 0.1) is 5.82 Å². The molecule has 40 heavy (non-hydrogen) atoms. The highest BCUT2D eigenvalue weighted by Gasteiger charge is 2.44. The van der Waals surface area contributed by atoms with Gasteiger partial charge in [-0.05, 0) is 24.3 Å². The number of benzene rings is 1. The summed E-state index contributed by atoms with van der Waals surface area (Å²) in [4.78, 5) is 33.9. The third-order valence-corrected chi connectivity index (χ3v) is 6.24. The molecular formula is C26H26F4N6O4. The van der Waals surface area contributed by atoms with Crippen molar-refractivity contribution in [3.05, 3.63) is 71.6 Å². The number of hydrogen-bond donors (Lipinski definition) is 4. The minimum atomic E-state index is -4.69. The van der Waals surface area contributed by atoms with Gasteiger partial charge in [0.25, 0.3) is 5.91 Å². The van der Waals surface area contributed by atoms with Crippen LogP contribution in [0.2, 0.25) is 0 Å². The monoisotopic (exact) mass is 562 g/mol. The molecule has 1 atom stereocenters. The molecule has 3 heterocycles. The quantitative estimate of drug-likeness (QED) is 0.292. The summed E-state index contributed by atoms with van der Waals surface area (Å²) >= 11 is 0. The zero-order chi connectivity index (χ0) is 28.9. The zero-order valence-electron chi connectivity index (χ0n) is 21.5. The maximum atomic E-state index is 14.8. The summed E-state index contributed by atoms with van der Waals surface area (Å²) in [5.74, 6) is -1.99. The van der Waals surface area contributed by atoms with Crippen LogP contribution in [0.4, 0.5) is 34.6 Å². The lowest BCUT2D eigenvalue weighted by atomic mass is 9.96. The lowest BCUT2D eigenvalue weighted by molar-refractivity contribution is -0.137. The van der Waals surface area contributed by atoms with Gasteiger partial charge in [0.05, 0.1) is 60.3 Å². The number of anilines is 3. The molecule has 0 spiro atoms. The fourth-order valence-corrected chi connectivity index (χ4v) is 4.04. The van der Waals surface area contributed by atoms with Crippen LogP contribution in [0.15, 0.2) is 48.9 Å². The predicted octanol–water partition coefficient (Wildman–Crippen LogP) is 3.63. The Labute approximate surface area is 226 Å². The van der Waals surface area contributed by atoms with Crippen molar-refractivity contribution < 1.29 is 36.6 Å². The Balaban J connectivity index is 1.44. The minimum absolute atomic E-state index is 0.0121. The Hall–Kier alpha value is -4.46. The Bertz CT molecular complexity index is 1400. The zero-order valence-corrected chi connectivity index (χ0v) is 21.5. The van der Waals surface area contributed by atoms with Crippen molar-refractivity contribution in [2.45, 2.75) is 24.7 Å². The van der Waals surface area contributed by atoms with Gasteiger partial charge in [0, 0.05) is 38.5 Å². The average molecular weight is 563 g/mol. The number of carbonyl (C=O) groups excluding carboxylic acids is 2. The van der Waals surface area contributed by atoms with Crippen molar-refractivity contribution in [3.63, 3.8) is 0 Å². The van der Waals surface area contributed by atoms with E-state index in [0.29, 0.717) is 5.69 Å². The normalized spacial score (nSPS) is 16.8. The van der Waals surface area contributed by atoms with Crippen LogP contribution in [-0.2, 0) is 22.3 Å². The number of carbonyl (C=O) groups is 2. The predicted molar refractivity (Wildman–Crippen MR) is 137 cm³/mol. The van der Waals surface area contributed by atoms with Gasteiger partial charge in [-0.2, -0.15) is 13.2 Å². The van der Waals surface area contributed by atoms with E-state index in [1.54, 1.807) is 13.1 Å². The summed E-state index contributed by atoms with van der Waals surface area (Å²) in [5.41, 5.74) is -2.06. The number of ether oxygens (including phenoxy) is 2. The highest BCUT2D eigenvalue weighted by atomic mass is 19.4. The van der Waals surface area contributed by atoms with Crippen LogP contribution >= 0.6 is 0 Å². The van der Waals surface area contributed by atoms with Gasteiger partial charge in [-0.3, -0.25) is 19.6 Å². The molecule has 0 bridgehead atoms. The fraction of sp³-hybridized carbons (Fsp3) is 0.308. The van der Waals surface area contributed by atoms with Crippen molar-refractivity contribution in [1.82, 2.24) is 20.6 Å². The van der Waals surface area contributed by atoms with Crippen LogP contribution in [0.5, 0.6) is 5.75 Å². The van der Waals surface area contributed by atoms with Crippen LogP contribution in [0.3, 0.4) is 0 Å². The SMILES string of the molecule is CNc1cncc(C(=O)NC2(C(=O)NCc3ncc(Nc4ccc(OC)cc4C(F)(F)F)cc3F)CCOC2)c1.